The summed E-state index contributed by atoms with van der Waals surface area (Å²) in [7, 11) is 0.276. The highest BCUT2D eigenvalue weighted by molar-refractivity contribution is 7.95. The molecule has 0 aliphatic heterocycles. The molecule has 0 rings (SSSR count). The van der Waals surface area contributed by atoms with E-state index in [1.54, 1.807) is 0 Å². The Kier molecular flexibility index (Phi) is 4.47. The molecule has 2 N–H and O–H groups in total. The molecule has 60 valence electrons. The number of carboxylic acids is 1. The van der Waals surface area contributed by atoms with Crippen LogP contribution >= 0.6 is 0 Å². The summed E-state index contributed by atoms with van der Waals surface area (Å²) in [6.07, 6.45) is 4.64. The van der Waals surface area contributed by atoms with Crippen molar-refractivity contribution < 1.29 is 9.90 Å². The first-order valence-corrected chi connectivity index (χ1v) is 5.25. The average molecular weight is 163 g/mol. The van der Waals surface area contributed by atoms with Gasteiger partial charge < -0.3 is 15.6 Å². The Hall–Kier alpha value is -0.220. The Morgan fingerprint density at radius 2 is 2.20 bits per heavy atom. The number of carbonyl (C=O) groups is 1. The maximum absolute atomic E-state index is 10.1. The zero-order valence-electron chi connectivity index (χ0n) is 6.29. The molecule has 0 aromatic rings. The van der Waals surface area contributed by atoms with Crippen LogP contribution < -0.4 is 10.8 Å². The number of rotatable bonds is 4. The van der Waals surface area contributed by atoms with Gasteiger partial charge in [-0.25, -0.2) is 0 Å². The second kappa shape index (κ2) is 4.57. The van der Waals surface area contributed by atoms with Crippen LogP contribution in [0.3, 0.4) is 0 Å². The fourth-order valence-corrected chi connectivity index (χ4v) is 1.21. The molecule has 0 saturated heterocycles. The standard InChI is InChI=1S/C6H13NO2S/c1-10(2)4-3-5(7)6(8)9/h5H,3-4,7H2,1-2H3/t5-/m1/s1. The largest absolute Gasteiger partial charge is 0.548 e. The molecule has 0 fully saturated rings. The van der Waals surface area contributed by atoms with Gasteiger partial charge in [-0.3, -0.25) is 0 Å². The summed E-state index contributed by atoms with van der Waals surface area (Å²) in [6, 6.07) is -0.783. The Morgan fingerprint density at radius 1 is 1.70 bits per heavy atom. The van der Waals surface area contributed by atoms with Gasteiger partial charge in [0.2, 0.25) is 0 Å². The molecule has 0 aliphatic carbocycles. The fourth-order valence-electron chi connectivity index (χ4n) is 0.481. The van der Waals surface area contributed by atoms with E-state index in [1.807, 2.05) is 0 Å². The molecule has 0 bridgehead atoms. The SMILES string of the molecule is C[S+](C)CC[C@@H](N)C(=O)[O-]. The smallest absolute Gasteiger partial charge is 0.109 e. The van der Waals surface area contributed by atoms with Crippen molar-refractivity contribution in [1.82, 2.24) is 0 Å². The van der Waals surface area contributed by atoms with Gasteiger partial charge in [0, 0.05) is 12.5 Å². The Labute approximate surface area is 64.0 Å². The molecule has 0 heterocycles. The van der Waals surface area contributed by atoms with Gasteiger partial charge in [0.25, 0.3) is 0 Å². The van der Waals surface area contributed by atoms with Crippen molar-refractivity contribution in [3.63, 3.8) is 0 Å². The molecule has 0 aromatic heterocycles. The van der Waals surface area contributed by atoms with Crippen molar-refractivity contribution in [3.8, 4) is 0 Å². The molecule has 0 spiro atoms. The summed E-state index contributed by atoms with van der Waals surface area (Å²) in [5, 5.41) is 10.1. The fraction of sp³-hybridized carbons (Fsp3) is 0.833. The van der Waals surface area contributed by atoms with Crippen molar-refractivity contribution >= 4 is 16.9 Å². The number of hydrogen-bond acceptors (Lipinski definition) is 3. The highest BCUT2D eigenvalue weighted by Gasteiger charge is 2.08. The van der Waals surface area contributed by atoms with Crippen LogP contribution in [0.1, 0.15) is 6.42 Å². The summed E-state index contributed by atoms with van der Waals surface area (Å²) >= 11 is 0. The van der Waals surface area contributed by atoms with Crippen molar-refractivity contribution in [3.05, 3.63) is 0 Å². The van der Waals surface area contributed by atoms with E-state index in [2.05, 4.69) is 12.5 Å². The van der Waals surface area contributed by atoms with Gasteiger partial charge in [-0.15, -0.1) is 0 Å². The van der Waals surface area contributed by atoms with Crippen LogP contribution in [0.4, 0.5) is 0 Å². The minimum absolute atomic E-state index is 0.276. The van der Waals surface area contributed by atoms with Gasteiger partial charge in [-0.05, 0) is 10.9 Å². The van der Waals surface area contributed by atoms with Crippen LogP contribution in [0.2, 0.25) is 0 Å². The molecular formula is C6H13NO2S. The van der Waals surface area contributed by atoms with Crippen molar-refractivity contribution in [2.45, 2.75) is 12.5 Å². The Bertz CT molecular complexity index is 116. The Balaban J connectivity index is 3.40. The predicted molar refractivity (Wildman–Crippen MR) is 41.7 cm³/mol. The molecule has 0 unspecified atom stereocenters. The highest BCUT2D eigenvalue weighted by Crippen LogP contribution is 1.92. The number of nitrogens with two attached hydrogens (primary N) is 1. The molecular weight excluding hydrogens is 150 g/mol. The van der Waals surface area contributed by atoms with Gasteiger partial charge >= 0.3 is 0 Å². The first kappa shape index (κ1) is 9.78. The number of carboxylic acid groups (broad SMARTS) is 1. The summed E-state index contributed by atoms with van der Waals surface area (Å²) in [5.41, 5.74) is 5.21. The normalized spacial score (nSPS) is 13.6. The van der Waals surface area contributed by atoms with Gasteiger partial charge in [0.15, 0.2) is 0 Å². The molecule has 4 heteroatoms. The monoisotopic (exact) mass is 163 g/mol. The van der Waals surface area contributed by atoms with Crippen LogP contribution in [-0.4, -0.2) is 30.3 Å². The van der Waals surface area contributed by atoms with E-state index < -0.39 is 12.0 Å². The third-order valence-electron chi connectivity index (χ3n) is 1.14. The van der Waals surface area contributed by atoms with Crippen molar-refractivity contribution in [2.24, 2.45) is 5.73 Å². The van der Waals surface area contributed by atoms with E-state index in [0.29, 0.717) is 6.42 Å². The van der Waals surface area contributed by atoms with E-state index in [0.717, 1.165) is 5.75 Å². The lowest BCUT2D eigenvalue weighted by atomic mass is 10.2. The summed E-state index contributed by atoms with van der Waals surface area (Å²) in [4.78, 5) is 10.1. The minimum atomic E-state index is -1.15. The zero-order valence-corrected chi connectivity index (χ0v) is 7.11. The number of carbonyl (C=O) groups excluding carboxylic acids is 1. The summed E-state index contributed by atoms with van der Waals surface area (Å²) in [5.74, 6) is -0.278. The highest BCUT2D eigenvalue weighted by atomic mass is 32.2. The lowest BCUT2D eigenvalue weighted by Gasteiger charge is -2.09. The van der Waals surface area contributed by atoms with E-state index in [-0.39, 0.29) is 10.9 Å². The maximum atomic E-state index is 10.1. The van der Waals surface area contributed by atoms with Gasteiger partial charge in [-0.2, -0.15) is 0 Å². The number of hydrogen-bond donors (Lipinski definition) is 1. The molecule has 10 heavy (non-hydrogen) atoms. The second-order valence-corrected chi connectivity index (χ2v) is 4.78. The van der Waals surface area contributed by atoms with Crippen LogP contribution in [0.15, 0.2) is 0 Å². The van der Waals surface area contributed by atoms with E-state index in [9.17, 15) is 9.90 Å². The Morgan fingerprint density at radius 3 is 2.50 bits per heavy atom. The summed E-state index contributed by atoms with van der Waals surface area (Å²) in [6.45, 7) is 0. The summed E-state index contributed by atoms with van der Waals surface area (Å²) < 4.78 is 0. The van der Waals surface area contributed by atoms with Gasteiger partial charge in [0.05, 0.1) is 18.5 Å². The van der Waals surface area contributed by atoms with Crippen LogP contribution in [-0.2, 0) is 15.7 Å². The van der Waals surface area contributed by atoms with Crippen LogP contribution in [0.25, 0.3) is 0 Å². The third kappa shape index (κ3) is 4.64. The van der Waals surface area contributed by atoms with Gasteiger partial charge in [0.1, 0.15) is 5.75 Å². The van der Waals surface area contributed by atoms with Crippen molar-refractivity contribution in [2.75, 3.05) is 18.3 Å². The molecule has 3 nitrogen and oxygen atoms in total. The van der Waals surface area contributed by atoms with Gasteiger partial charge in [-0.1, -0.05) is 0 Å². The van der Waals surface area contributed by atoms with Crippen molar-refractivity contribution in [1.29, 1.82) is 0 Å². The molecule has 0 aliphatic rings. The first-order valence-electron chi connectivity index (χ1n) is 3.04. The second-order valence-electron chi connectivity index (χ2n) is 2.40. The topological polar surface area (TPSA) is 66.2 Å². The minimum Gasteiger partial charge on any atom is -0.548 e. The molecule has 0 aromatic carbocycles. The molecule has 0 saturated carbocycles. The van der Waals surface area contributed by atoms with Crippen LogP contribution in [0, 0.1) is 0 Å². The maximum Gasteiger partial charge on any atom is 0.109 e. The predicted octanol–water partition coefficient (Wildman–Crippen LogP) is -1.67. The number of aliphatic carboxylic acids is 1. The lowest BCUT2D eigenvalue weighted by molar-refractivity contribution is -0.307. The average Bonchev–Trinajstić information content (AvgIpc) is 1.82. The van der Waals surface area contributed by atoms with E-state index >= 15 is 0 Å². The lowest BCUT2D eigenvalue weighted by Crippen LogP contribution is -2.42. The third-order valence-corrected chi connectivity index (χ3v) is 2.19. The molecule has 0 amide bonds. The quantitative estimate of drug-likeness (QED) is 0.504. The van der Waals surface area contributed by atoms with Crippen LogP contribution in [0.5, 0.6) is 0 Å². The molecule has 0 radical (unpaired) electrons. The van der Waals surface area contributed by atoms with E-state index in [1.165, 1.54) is 0 Å². The first-order chi connectivity index (χ1) is 4.54. The van der Waals surface area contributed by atoms with E-state index in [4.69, 9.17) is 5.73 Å². The molecule has 1 atom stereocenters. The zero-order chi connectivity index (χ0) is 8.15.